The molecule has 28 heavy (non-hydrogen) atoms. The summed E-state index contributed by atoms with van der Waals surface area (Å²) in [5, 5.41) is 4.74. The molecule has 2 fully saturated rings. The third-order valence-corrected chi connectivity index (χ3v) is 5.37. The number of rotatable bonds is 5. The molecule has 2 saturated heterocycles. The number of carbonyl (C=O) groups excluding carboxylic acids is 1. The summed E-state index contributed by atoms with van der Waals surface area (Å²) in [5.74, 6) is 1.37. The molecule has 2 aromatic rings. The molecule has 0 saturated carbocycles. The van der Waals surface area contributed by atoms with E-state index < -0.39 is 0 Å². The summed E-state index contributed by atoms with van der Waals surface area (Å²) < 4.78 is 10.7. The zero-order valence-corrected chi connectivity index (χ0v) is 16.5. The highest BCUT2D eigenvalue weighted by Gasteiger charge is 2.24. The van der Waals surface area contributed by atoms with Crippen LogP contribution in [0.25, 0.3) is 11.4 Å². The SMILES string of the molecule is O=C(CN1CCN(Cc2nc(-c3ccc(Cl)cc3)no2)CC1)N1CCOCC1. The standard InChI is InChI=1S/C19H24ClN5O3/c20-16-3-1-15(2-4-16)19-21-17(28-22-19)13-23-5-7-24(8-6-23)14-18(26)25-9-11-27-12-10-25/h1-4H,5-14H2. The lowest BCUT2D eigenvalue weighted by molar-refractivity contribution is -0.136. The van der Waals surface area contributed by atoms with Gasteiger partial charge in [-0.15, -0.1) is 0 Å². The predicted molar refractivity (Wildman–Crippen MR) is 104 cm³/mol. The van der Waals surface area contributed by atoms with Gasteiger partial charge in [-0.05, 0) is 24.3 Å². The van der Waals surface area contributed by atoms with Gasteiger partial charge in [0.2, 0.25) is 17.6 Å². The molecule has 4 rings (SSSR count). The molecule has 1 amide bonds. The molecule has 0 atom stereocenters. The molecule has 0 aliphatic carbocycles. The maximum Gasteiger partial charge on any atom is 0.241 e. The average molecular weight is 406 g/mol. The zero-order valence-electron chi connectivity index (χ0n) is 15.7. The van der Waals surface area contributed by atoms with Gasteiger partial charge in [-0.3, -0.25) is 14.6 Å². The van der Waals surface area contributed by atoms with Crippen LogP contribution < -0.4 is 0 Å². The molecule has 0 N–H and O–H groups in total. The van der Waals surface area contributed by atoms with Crippen LogP contribution in [0.5, 0.6) is 0 Å². The number of ether oxygens (including phenoxy) is 1. The van der Waals surface area contributed by atoms with E-state index in [9.17, 15) is 4.79 Å². The van der Waals surface area contributed by atoms with E-state index in [4.69, 9.17) is 20.9 Å². The maximum absolute atomic E-state index is 12.4. The van der Waals surface area contributed by atoms with Gasteiger partial charge >= 0.3 is 0 Å². The Morgan fingerprint density at radius 1 is 1.00 bits per heavy atom. The number of benzene rings is 1. The molecule has 3 heterocycles. The molecule has 9 heteroatoms. The first-order valence-electron chi connectivity index (χ1n) is 9.56. The summed E-state index contributed by atoms with van der Waals surface area (Å²) in [6.45, 7) is 7.23. The van der Waals surface area contributed by atoms with Crippen LogP contribution in [0.2, 0.25) is 5.02 Å². The van der Waals surface area contributed by atoms with Crippen LogP contribution in [0, 0.1) is 0 Å². The van der Waals surface area contributed by atoms with Gasteiger partial charge in [0, 0.05) is 49.9 Å². The van der Waals surface area contributed by atoms with Crippen molar-refractivity contribution in [2.45, 2.75) is 6.54 Å². The van der Waals surface area contributed by atoms with Crippen molar-refractivity contribution >= 4 is 17.5 Å². The molecule has 0 radical (unpaired) electrons. The minimum atomic E-state index is 0.196. The fourth-order valence-corrected chi connectivity index (χ4v) is 3.56. The van der Waals surface area contributed by atoms with Crippen LogP contribution in [0.4, 0.5) is 0 Å². The topological polar surface area (TPSA) is 74.9 Å². The molecule has 0 bridgehead atoms. The number of carbonyl (C=O) groups is 1. The molecule has 0 unspecified atom stereocenters. The Morgan fingerprint density at radius 2 is 1.68 bits per heavy atom. The predicted octanol–water partition coefficient (Wildman–Crippen LogP) is 1.37. The number of nitrogens with zero attached hydrogens (tertiary/aromatic N) is 5. The molecule has 8 nitrogen and oxygen atoms in total. The highest BCUT2D eigenvalue weighted by molar-refractivity contribution is 6.30. The number of piperazine rings is 1. The van der Waals surface area contributed by atoms with E-state index in [1.807, 2.05) is 29.2 Å². The number of hydrogen-bond donors (Lipinski definition) is 0. The fraction of sp³-hybridized carbons (Fsp3) is 0.526. The van der Waals surface area contributed by atoms with Crippen molar-refractivity contribution in [3.63, 3.8) is 0 Å². The summed E-state index contributed by atoms with van der Waals surface area (Å²) in [6.07, 6.45) is 0. The molecule has 1 aromatic heterocycles. The Balaban J connectivity index is 1.24. The summed E-state index contributed by atoms with van der Waals surface area (Å²) in [7, 11) is 0. The van der Waals surface area contributed by atoms with Crippen molar-refractivity contribution in [1.82, 2.24) is 24.8 Å². The van der Waals surface area contributed by atoms with Crippen LogP contribution in [0.15, 0.2) is 28.8 Å². The molecule has 150 valence electrons. The number of morpholine rings is 1. The highest BCUT2D eigenvalue weighted by atomic mass is 35.5. The van der Waals surface area contributed by atoms with Crippen LogP contribution >= 0.6 is 11.6 Å². The minimum Gasteiger partial charge on any atom is -0.378 e. The van der Waals surface area contributed by atoms with Gasteiger partial charge in [0.25, 0.3) is 0 Å². The van der Waals surface area contributed by atoms with Crippen molar-refractivity contribution in [3.05, 3.63) is 35.2 Å². The second kappa shape index (κ2) is 9.00. The third-order valence-electron chi connectivity index (χ3n) is 5.12. The van der Waals surface area contributed by atoms with Crippen LogP contribution in [-0.2, 0) is 16.1 Å². The van der Waals surface area contributed by atoms with Gasteiger partial charge in [-0.25, -0.2) is 0 Å². The smallest absolute Gasteiger partial charge is 0.241 e. The van der Waals surface area contributed by atoms with Crippen LogP contribution in [0.1, 0.15) is 5.89 Å². The number of amides is 1. The number of aromatic nitrogens is 2. The Bertz CT molecular complexity index is 783. The van der Waals surface area contributed by atoms with E-state index in [1.165, 1.54) is 0 Å². The summed E-state index contributed by atoms with van der Waals surface area (Å²) in [4.78, 5) is 23.2. The minimum absolute atomic E-state index is 0.196. The third kappa shape index (κ3) is 4.88. The molecule has 2 aliphatic rings. The van der Waals surface area contributed by atoms with E-state index in [-0.39, 0.29) is 5.91 Å². The molecular formula is C19H24ClN5O3. The van der Waals surface area contributed by atoms with E-state index in [0.717, 1.165) is 31.7 Å². The van der Waals surface area contributed by atoms with Gasteiger partial charge in [0.1, 0.15) is 0 Å². The van der Waals surface area contributed by atoms with Crippen LogP contribution in [-0.4, -0.2) is 89.8 Å². The zero-order chi connectivity index (χ0) is 19.3. The largest absolute Gasteiger partial charge is 0.378 e. The number of halogens is 1. The molecule has 1 aromatic carbocycles. The van der Waals surface area contributed by atoms with Crippen molar-refractivity contribution in [2.75, 3.05) is 59.0 Å². The molecule has 0 spiro atoms. The van der Waals surface area contributed by atoms with E-state index in [1.54, 1.807) is 0 Å². The first-order chi connectivity index (χ1) is 13.7. The van der Waals surface area contributed by atoms with Crippen molar-refractivity contribution < 1.29 is 14.1 Å². The normalized spacial score (nSPS) is 19.1. The second-order valence-electron chi connectivity index (χ2n) is 7.06. The maximum atomic E-state index is 12.4. The van der Waals surface area contributed by atoms with Crippen LogP contribution in [0.3, 0.4) is 0 Å². The lowest BCUT2D eigenvalue weighted by Crippen LogP contribution is -2.51. The van der Waals surface area contributed by atoms with Crippen molar-refractivity contribution in [1.29, 1.82) is 0 Å². The lowest BCUT2D eigenvalue weighted by atomic mass is 10.2. The monoisotopic (exact) mass is 405 g/mol. The second-order valence-corrected chi connectivity index (χ2v) is 7.50. The van der Waals surface area contributed by atoms with Crippen molar-refractivity contribution in [3.8, 4) is 11.4 Å². The van der Waals surface area contributed by atoms with E-state index in [0.29, 0.717) is 56.1 Å². The Labute approximate surface area is 169 Å². The lowest BCUT2D eigenvalue weighted by Gasteiger charge is -2.35. The van der Waals surface area contributed by atoms with E-state index in [2.05, 4.69) is 19.9 Å². The van der Waals surface area contributed by atoms with Gasteiger partial charge in [0.05, 0.1) is 26.3 Å². The number of hydrogen-bond acceptors (Lipinski definition) is 7. The first-order valence-corrected chi connectivity index (χ1v) is 9.94. The van der Waals surface area contributed by atoms with Gasteiger partial charge in [-0.2, -0.15) is 4.98 Å². The van der Waals surface area contributed by atoms with Gasteiger partial charge < -0.3 is 14.2 Å². The fourth-order valence-electron chi connectivity index (χ4n) is 3.44. The molecule has 2 aliphatic heterocycles. The Kier molecular flexibility index (Phi) is 6.21. The summed E-state index contributed by atoms with van der Waals surface area (Å²) in [6, 6.07) is 7.37. The average Bonchev–Trinajstić information content (AvgIpc) is 3.19. The Morgan fingerprint density at radius 3 is 2.39 bits per heavy atom. The van der Waals surface area contributed by atoms with Gasteiger partial charge in [0.15, 0.2) is 0 Å². The quantitative estimate of drug-likeness (QED) is 0.743. The highest BCUT2D eigenvalue weighted by Crippen LogP contribution is 2.19. The summed E-state index contributed by atoms with van der Waals surface area (Å²) in [5.41, 5.74) is 0.880. The van der Waals surface area contributed by atoms with E-state index >= 15 is 0 Å². The Hall–Kier alpha value is -2.00. The van der Waals surface area contributed by atoms with Crippen molar-refractivity contribution in [2.24, 2.45) is 0 Å². The van der Waals surface area contributed by atoms with Gasteiger partial charge in [-0.1, -0.05) is 16.8 Å². The first kappa shape index (κ1) is 19.3. The molecular weight excluding hydrogens is 382 g/mol. The summed E-state index contributed by atoms with van der Waals surface area (Å²) >= 11 is 5.92.